The second kappa shape index (κ2) is 9.20. The number of rotatable bonds is 8. The molecule has 2 aromatic carbocycles. The van der Waals surface area contributed by atoms with Crippen LogP contribution in [0.2, 0.25) is 0 Å². The standard InChI is InChI=1S/C18H20N2O7S/c1-19-28(23,24)16-6-4-5-12(7-16)18(22)27-11-17(21)20-13-8-14(25-2)10-15(9-13)26-3/h4-10,19H,11H2,1-3H3,(H,20,21). The van der Waals surface area contributed by atoms with E-state index in [9.17, 15) is 18.0 Å². The third-order valence-corrected chi connectivity index (χ3v) is 5.03. The van der Waals surface area contributed by atoms with Crippen molar-refractivity contribution in [3.63, 3.8) is 0 Å². The van der Waals surface area contributed by atoms with E-state index in [4.69, 9.17) is 14.2 Å². The Hall–Kier alpha value is -3.11. The van der Waals surface area contributed by atoms with E-state index in [0.717, 1.165) is 0 Å². The maximum absolute atomic E-state index is 12.1. The molecule has 150 valence electrons. The van der Waals surface area contributed by atoms with Crippen LogP contribution in [0.15, 0.2) is 47.4 Å². The number of amides is 1. The van der Waals surface area contributed by atoms with E-state index in [1.807, 2.05) is 0 Å². The molecule has 2 rings (SSSR count). The highest BCUT2D eigenvalue weighted by atomic mass is 32.2. The Bertz CT molecular complexity index is 951. The van der Waals surface area contributed by atoms with Gasteiger partial charge in [-0.2, -0.15) is 0 Å². The third-order valence-electron chi connectivity index (χ3n) is 3.62. The summed E-state index contributed by atoms with van der Waals surface area (Å²) in [7, 11) is 0.515. The number of carbonyl (C=O) groups excluding carboxylic acids is 2. The molecule has 0 unspecified atom stereocenters. The molecule has 9 nitrogen and oxygen atoms in total. The first-order chi connectivity index (χ1) is 13.3. The fraction of sp³-hybridized carbons (Fsp3) is 0.222. The first kappa shape index (κ1) is 21.2. The minimum absolute atomic E-state index is 0.00664. The first-order valence-corrected chi connectivity index (χ1v) is 9.51. The second-order valence-corrected chi connectivity index (χ2v) is 7.35. The van der Waals surface area contributed by atoms with Crippen LogP contribution < -0.4 is 19.5 Å². The van der Waals surface area contributed by atoms with E-state index in [2.05, 4.69) is 10.0 Å². The Morgan fingerprint density at radius 1 is 1.00 bits per heavy atom. The molecule has 0 fully saturated rings. The maximum Gasteiger partial charge on any atom is 0.338 e. The molecule has 0 aromatic heterocycles. The molecule has 0 aliphatic carbocycles. The number of hydrogen-bond donors (Lipinski definition) is 2. The van der Waals surface area contributed by atoms with Crippen LogP contribution in [0.25, 0.3) is 0 Å². The summed E-state index contributed by atoms with van der Waals surface area (Å²) in [5.74, 6) is -0.447. The van der Waals surface area contributed by atoms with Gasteiger partial charge >= 0.3 is 5.97 Å². The van der Waals surface area contributed by atoms with Gasteiger partial charge in [0.25, 0.3) is 5.91 Å². The number of carbonyl (C=O) groups is 2. The van der Waals surface area contributed by atoms with Gasteiger partial charge in [-0.25, -0.2) is 17.9 Å². The molecular formula is C18H20N2O7S. The lowest BCUT2D eigenvalue weighted by atomic mass is 10.2. The summed E-state index contributed by atoms with van der Waals surface area (Å²) in [5, 5.41) is 2.56. The highest BCUT2D eigenvalue weighted by molar-refractivity contribution is 7.89. The number of benzene rings is 2. The number of nitrogens with one attached hydrogen (secondary N) is 2. The lowest BCUT2D eigenvalue weighted by molar-refractivity contribution is -0.119. The molecule has 0 aliphatic heterocycles. The van der Waals surface area contributed by atoms with Gasteiger partial charge in [-0.3, -0.25) is 4.79 Å². The maximum atomic E-state index is 12.1. The molecule has 28 heavy (non-hydrogen) atoms. The van der Waals surface area contributed by atoms with Gasteiger partial charge in [0.05, 0.1) is 24.7 Å². The highest BCUT2D eigenvalue weighted by Crippen LogP contribution is 2.25. The molecule has 2 N–H and O–H groups in total. The average Bonchev–Trinajstić information content (AvgIpc) is 2.71. The van der Waals surface area contributed by atoms with Gasteiger partial charge in [0.15, 0.2) is 6.61 Å². The Morgan fingerprint density at radius 3 is 2.21 bits per heavy atom. The largest absolute Gasteiger partial charge is 0.497 e. The summed E-state index contributed by atoms with van der Waals surface area (Å²) in [4.78, 5) is 24.1. The van der Waals surface area contributed by atoms with E-state index in [1.54, 1.807) is 18.2 Å². The van der Waals surface area contributed by atoms with Gasteiger partial charge in [-0.15, -0.1) is 0 Å². The van der Waals surface area contributed by atoms with Crippen LogP contribution in [0, 0.1) is 0 Å². The van der Waals surface area contributed by atoms with E-state index in [1.165, 1.54) is 45.5 Å². The summed E-state index contributed by atoms with van der Waals surface area (Å²) in [6.07, 6.45) is 0. The average molecular weight is 408 g/mol. The Balaban J connectivity index is 2.02. The minimum atomic E-state index is -3.70. The first-order valence-electron chi connectivity index (χ1n) is 8.02. The number of ether oxygens (including phenoxy) is 3. The van der Waals surface area contributed by atoms with Gasteiger partial charge in [0, 0.05) is 23.9 Å². The minimum Gasteiger partial charge on any atom is -0.497 e. The van der Waals surface area contributed by atoms with Crippen LogP contribution in [0.1, 0.15) is 10.4 Å². The molecule has 0 aliphatic rings. The van der Waals surface area contributed by atoms with Crippen LogP contribution in [0.3, 0.4) is 0 Å². The molecular weight excluding hydrogens is 388 g/mol. The molecule has 0 radical (unpaired) electrons. The molecule has 0 atom stereocenters. The van der Waals surface area contributed by atoms with Gasteiger partial charge in [-0.1, -0.05) is 6.07 Å². The Labute approximate surface area is 162 Å². The summed E-state index contributed by atoms with van der Waals surface area (Å²) >= 11 is 0. The molecule has 2 aromatic rings. The van der Waals surface area contributed by atoms with Crippen molar-refractivity contribution in [2.75, 3.05) is 33.2 Å². The van der Waals surface area contributed by atoms with Crippen molar-refractivity contribution < 1.29 is 32.2 Å². The van der Waals surface area contributed by atoms with Crippen molar-refractivity contribution in [1.82, 2.24) is 4.72 Å². The molecule has 0 saturated carbocycles. The molecule has 0 heterocycles. The summed E-state index contributed by atoms with van der Waals surface area (Å²) < 4.78 is 40.9. The summed E-state index contributed by atoms with van der Waals surface area (Å²) in [6, 6.07) is 10.1. The molecule has 10 heteroatoms. The zero-order chi connectivity index (χ0) is 20.7. The van der Waals surface area contributed by atoms with Crippen molar-refractivity contribution in [1.29, 1.82) is 0 Å². The zero-order valence-corrected chi connectivity index (χ0v) is 16.3. The SMILES string of the molecule is CNS(=O)(=O)c1cccc(C(=O)OCC(=O)Nc2cc(OC)cc(OC)c2)c1. The fourth-order valence-electron chi connectivity index (χ4n) is 2.20. The van der Waals surface area contributed by atoms with Crippen LogP contribution >= 0.6 is 0 Å². The normalized spacial score (nSPS) is 10.8. The fourth-order valence-corrected chi connectivity index (χ4v) is 2.97. The van der Waals surface area contributed by atoms with Crippen molar-refractivity contribution >= 4 is 27.6 Å². The van der Waals surface area contributed by atoms with Gasteiger partial charge in [0.2, 0.25) is 10.0 Å². The Morgan fingerprint density at radius 2 is 1.64 bits per heavy atom. The van der Waals surface area contributed by atoms with Gasteiger partial charge in [0.1, 0.15) is 11.5 Å². The van der Waals surface area contributed by atoms with Gasteiger partial charge < -0.3 is 19.5 Å². The lowest BCUT2D eigenvalue weighted by Crippen LogP contribution is -2.22. The van der Waals surface area contributed by atoms with Crippen LogP contribution in [0.4, 0.5) is 5.69 Å². The second-order valence-electron chi connectivity index (χ2n) is 5.46. The number of hydrogen-bond acceptors (Lipinski definition) is 7. The smallest absolute Gasteiger partial charge is 0.338 e. The monoisotopic (exact) mass is 408 g/mol. The van der Waals surface area contributed by atoms with Crippen molar-refractivity contribution in [3.8, 4) is 11.5 Å². The van der Waals surface area contributed by atoms with Gasteiger partial charge in [-0.05, 0) is 25.2 Å². The van der Waals surface area contributed by atoms with E-state index in [0.29, 0.717) is 17.2 Å². The quantitative estimate of drug-likeness (QED) is 0.634. The van der Waals surface area contributed by atoms with Crippen molar-refractivity contribution in [2.24, 2.45) is 0 Å². The predicted molar refractivity (Wildman–Crippen MR) is 101 cm³/mol. The number of sulfonamides is 1. The molecule has 0 spiro atoms. The number of esters is 1. The van der Waals surface area contributed by atoms with E-state index < -0.39 is 28.5 Å². The van der Waals surface area contributed by atoms with Crippen LogP contribution in [-0.2, 0) is 19.6 Å². The topological polar surface area (TPSA) is 120 Å². The summed E-state index contributed by atoms with van der Waals surface area (Å²) in [5.41, 5.74) is 0.409. The Kier molecular flexibility index (Phi) is 6.96. The van der Waals surface area contributed by atoms with Crippen LogP contribution in [0.5, 0.6) is 11.5 Å². The van der Waals surface area contributed by atoms with E-state index in [-0.39, 0.29) is 10.5 Å². The molecule has 1 amide bonds. The predicted octanol–water partition coefficient (Wildman–Crippen LogP) is 1.41. The third kappa shape index (κ3) is 5.44. The van der Waals surface area contributed by atoms with Crippen molar-refractivity contribution in [3.05, 3.63) is 48.0 Å². The molecule has 0 saturated heterocycles. The highest BCUT2D eigenvalue weighted by Gasteiger charge is 2.16. The zero-order valence-electron chi connectivity index (χ0n) is 15.5. The van der Waals surface area contributed by atoms with Crippen LogP contribution in [-0.4, -0.2) is 48.2 Å². The summed E-state index contributed by atoms with van der Waals surface area (Å²) in [6.45, 7) is -0.554. The number of anilines is 1. The molecule has 0 bridgehead atoms. The van der Waals surface area contributed by atoms with E-state index >= 15 is 0 Å². The van der Waals surface area contributed by atoms with Crippen molar-refractivity contribution in [2.45, 2.75) is 4.90 Å². The lowest BCUT2D eigenvalue weighted by Gasteiger charge is -2.10. The number of methoxy groups -OCH3 is 2.